The van der Waals surface area contributed by atoms with Gasteiger partial charge in [0.2, 0.25) is 0 Å². The van der Waals surface area contributed by atoms with Crippen LogP contribution in [-0.2, 0) is 4.74 Å². The maximum atomic E-state index is 5.81. The minimum Gasteiger partial charge on any atom is -0.387 e. The second-order valence-electron chi connectivity index (χ2n) is 3.91. The van der Waals surface area contributed by atoms with Crippen LogP contribution >= 0.6 is 0 Å². The van der Waals surface area contributed by atoms with Gasteiger partial charge in [-0.1, -0.05) is 13.8 Å². The van der Waals surface area contributed by atoms with E-state index < -0.39 is 0 Å². The minimum atomic E-state index is 0.365. The number of rotatable bonds is 2. The highest BCUT2D eigenvalue weighted by Crippen LogP contribution is 2.12. The molecule has 2 N–H and O–H groups in total. The summed E-state index contributed by atoms with van der Waals surface area (Å²) in [6.07, 6.45) is 3.25. The van der Waals surface area contributed by atoms with E-state index in [0.717, 1.165) is 38.3 Å². The number of aliphatic imine (C=N–C) groups is 1. The molecule has 0 aromatic carbocycles. The van der Waals surface area contributed by atoms with Gasteiger partial charge in [-0.25, -0.2) is 0 Å². The van der Waals surface area contributed by atoms with E-state index in [1.165, 1.54) is 0 Å². The lowest BCUT2D eigenvalue weighted by Gasteiger charge is -2.11. The van der Waals surface area contributed by atoms with Gasteiger partial charge >= 0.3 is 0 Å². The summed E-state index contributed by atoms with van der Waals surface area (Å²) in [7, 11) is 0. The Morgan fingerprint density at radius 3 is 2.85 bits per heavy atom. The largest absolute Gasteiger partial charge is 0.387 e. The highest BCUT2D eigenvalue weighted by Gasteiger charge is 2.12. The summed E-state index contributed by atoms with van der Waals surface area (Å²) in [6, 6.07) is 0.393. The summed E-state index contributed by atoms with van der Waals surface area (Å²) >= 11 is 0. The van der Waals surface area contributed by atoms with Crippen molar-refractivity contribution in [2.45, 2.75) is 39.2 Å². The molecule has 1 aliphatic rings. The lowest BCUT2D eigenvalue weighted by atomic mass is 10.1. The fourth-order valence-electron chi connectivity index (χ4n) is 1.38. The number of hydrogen-bond donors (Lipinski definition) is 1. The van der Waals surface area contributed by atoms with Crippen molar-refractivity contribution in [1.82, 2.24) is 0 Å². The monoisotopic (exact) mass is 184 g/mol. The van der Waals surface area contributed by atoms with E-state index in [1.807, 2.05) is 0 Å². The van der Waals surface area contributed by atoms with Crippen molar-refractivity contribution in [2.24, 2.45) is 16.6 Å². The Bertz CT molecular complexity index is 170. The quantitative estimate of drug-likeness (QED) is 0.523. The van der Waals surface area contributed by atoms with Crippen molar-refractivity contribution >= 4 is 5.84 Å². The molecule has 13 heavy (non-hydrogen) atoms. The van der Waals surface area contributed by atoms with Crippen LogP contribution in [0.2, 0.25) is 0 Å². The first kappa shape index (κ1) is 10.5. The van der Waals surface area contributed by atoms with Crippen molar-refractivity contribution in [3.8, 4) is 0 Å². The normalized spacial score (nSPS) is 26.1. The van der Waals surface area contributed by atoms with Crippen LogP contribution in [0.3, 0.4) is 0 Å². The summed E-state index contributed by atoms with van der Waals surface area (Å²) in [5, 5.41) is 0. The molecule has 1 heterocycles. The molecule has 3 nitrogen and oxygen atoms in total. The van der Waals surface area contributed by atoms with Gasteiger partial charge in [-0.2, -0.15) is 0 Å². The average molecular weight is 184 g/mol. The summed E-state index contributed by atoms with van der Waals surface area (Å²) in [5.74, 6) is 1.15. The van der Waals surface area contributed by atoms with Gasteiger partial charge in [0.15, 0.2) is 0 Å². The molecule has 3 heteroatoms. The third-order valence-corrected chi connectivity index (χ3v) is 2.34. The minimum absolute atomic E-state index is 0.365. The van der Waals surface area contributed by atoms with E-state index in [0.29, 0.717) is 12.0 Å². The Balaban J connectivity index is 2.45. The number of hydrogen-bond acceptors (Lipinski definition) is 2. The molecule has 0 amide bonds. The molecule has 0 aliphatic carbocycles. The van der Waals surface area contributed by atoms with Gasteiger partial charge < -0.3 is 10.5 Å². The molecule has 0 spiro atoms. The molecular formula is C10H20N2O. The molecule has 1 unspecified atom stereocenters. The second-order valence-corrected chi connectivity index (χ2v) is 3.91. The average Bonchev–Trinajstić information content (AvgIpc) is 2.32. The second kappa shape index (κ2) is 5.22. The van der Waals surface area contributed by atoms with Gasteiger partial charge in [-0.3, -0.25) is 4.99 Å². The SMILES string of the molecule is CC(C)C(N)=NC1CCCOCC1. The third-order valence-electron chi connectivity index (χ3n) is 2.34. The molecule has 1 aliphatic heterocycles. The lowest BCUT2D eigenvalue weighted by molar-refractivity contribution is 0.143. The zero-order valence-electron chi connectivity index (χ0n) is 8.62. The Labute approximate surface area is 80.4 Å². The Morgan fingerprint density at radius 2 is 2.15 bits per heavy atom. The van der Waals surface area contributed by atoms with E-state index in [1.54, 1.807) is 0 Å². The molecule has 1 atom stereocenters. The van der Waals surface area contributed by atoms with Crippen molar-refractivity contribution in [3.05, 3.63) is 0 Å². The Morgan fingerprint density at radius 1 is 1.38 bits per heavy atom. The summed E-state index contributed by atoms with van der Waals surface area (Å²) < 4.78 is 5.36. The van der Waals surface area contributed by atoms with E-state index in [2.05, 4.69) is 18.8 Å². The topological polar surface area (TPSA) is 47.6 Å². The van der Waals surface area contributed by atoms with Crippen molar-refractivity contribution < 1.29 is 4.74 Å². The number of nitrogens with two attached hydrogens (primary N) is 1. The third kappa shape index (κ3) is 3.77. The molecule has 0 saturated carbocycles. The molecule has 0 bridgehead atoms. The first-order valence-electron chi connectivity index (χ1n) is 5.11. The van der Waals surface area contributed by atoms with Crippen molar-refractivity contribution in [3.63, 3.8) is 0 Å². The first-order chi connectivity index (χ1) is 6.20. The maximum Gasteiger partial charge on any atom is 0.0966 e. The van der Waals surface area contributed by atoms with Crippen LogP contribution in [0.4, 0.5) is 0 Å². The van der Waals surface area contributed by atoms with Gasteiger partial charge in [0.25, 0.3) is 0 Å². The van der Waals surface area contributed by atoms with Crippen molar-refractivity contribution in [2.75, 3.05) is 13.2 Å². The molecule has 76 valence electrons. The molecule has 0 aromatic heterocycles. The van der Waals surface area contributed by atoms with E-state index in [9.17, 15) is 0 Å². The Hall–Kier alpha value is -0.570. The van der Waals surface area contributed by atoms with Gasteiger partial charge in [0.1, 0.15) is 0 Å². The smallest absolute Gasteiger partial charge is 0.0966 e. The van der Waals surface area contributed by atoms with Crippen LogP contribution in [0.1, 0.15) is 33.1 Å². The van der Waals surface area contributed by atoms with Crippen LogP contribution < -0.4 is 5.73 Å². The molecule has 1 rings (SSSR count). The lowest BCUT2D eigenvalue weighted by Crippen LogP contribution is -2.22. The van der Waals surface area contributed by atoms with Crippen LogP contribution in [0, 0.1) is 5.92 Å². The zero-order valence-corrected chi connectivity index (χ0v) is 8.62. The van der Waals surface area contributed by atoms with Crippen LogP contribution in [0.15, 0.2) is 4.99 Å². The molecule has 1 fully saturated rings. The van der Waals surface area contributed by atoms with Crippen LogP contribution in [-0.4, -0.2) is 25.1 Å². The number of ether oxygens (including phenoxy) is 1. The first-order valence-corrected chi connectivity index (χ1v) is 5.11. The van der Waals surface area contributed by atoms with Crippen LogP contribution in [0.25, 0.3) is 0 Å². The highest BCUT2D eigenvalue weighted by atomic mass is 16.5. The fraction of sp³-hybridized carbons (Fsp3) is 0.900. The summed E-state index contributed by atoms with van der Waals surface area (Å²) in [5.41, 5.74) is 5.81. The Kier molecular flexibility index (Phi) is 4.22. The fourth-order valence-corrected chi connectivity index (χ4v) is 1.38. The number of nitrogens with zero attached hydrogens (tertiary/aromatic N) is 1. The standard InChI is InChI=1S/C10H20N2O/c1-8(2)10(11)12-9-4-3-6-13-7-5-9/h8-9H,3-7H2,1-2H3,(H2,11,12). The predicted octanol–water partition coefficient (Wildman–Crippen LogP) is 1.57. The highest BCUT2D eigenvalue weighted by molar-refractivity contribution is 5.82. The van der Waals surface area contributed by atoms with E-state index in [4.69, 9.17) is 10.5 Å². The van der Waals surface area contributed by atoms with Gasteiger partial charge in [-0.15, -0.1) is 0 Å². The van der Waals surface area contributed by atoms with Gasteiger partial charge in [0.05, 0.1) is 11.9 Å². The predicted molar refractivity (Wildman–Crippen MR) is 54.9 cm³/mol. The number of amidine groups is 1. The maximum absolute atomic E-state index is 5.81. The zero-order chi connectivity index (χ0) is 9.68. The van der Waals surface area contributed by atoms with Gasteiger partial charge in [-0.05, 0) is 19.3 Å². The van der Waals surface area contributed by atoms with Crippen molar-refractivity contribution in [1.29, 1.82) is 0 Å². The van der Waals surface area contributed by atoms with E-state index in [-0.39, 0.29) is 0 Å². The summed E-state index contributed by atoms with van der Waals surface area (Å²) in [6.45, 7) is 5.87. The van der Waals surface area contributed by atoms with Crippen LogP contribution in [0.5, 0.6) is 0 Å². The molecular weight excluding hydrogens is 164 g/mol. The summed E-state index contributed by atoms with van der Waals surface area (Å²) in [4.78, 5) is 4.51. The van der Waals surface area contributed by atoms with Gasteiger partial charge in [0, 0.05) is 19.1 Å². The van der Waals surface area contributed by atoms with E-state index >= 15 is 0 Å². The molecule has 1 saturated heterocycles. The molecule has 0 aromatic rings. The molecule has 0 radical (unpaired) electrons.